The number of anilines is 1. The van der Waals surface area contributed by atoms with Crippen LogP contribution in [0.1, 0.15) is 89.8 Å². The Labute approximate surface area is 372 Å². The number of fused-ring (bicyclic) bond motifs is 7. The molecule has 2 spiro atoms. The monoisotopic (exact) mass is 876 g/mol. The number of nitrogens with one attached hydrogen (secondary N) is 2. The van der Waals surface area contributed by atoms with E-state index in [1.807, 2.05) is 30.0 Å². The number of benzene rings is 3. The number of piperidine rings is 3. The van der Waals surface area contributed by atoms with Crippen molar-refractivity contribution in [1.29, 1.82) is 0 Å². The minimum absolute atomic E-state index is 0.0775. The molecule has 7 aliphatic rings. The SMILES string of the molecule is C=C1CCC(N2Cc3c(ccc4c3OCC43CCN(CC4COC5(CCN(c6ccc(C7c8[nH]c9ccccc9c8C[C@@H](C)N7CC(F)F)c(OC)c6)CC5)OC4)CC3)C2=O)C(=O)N1. The minimum Gasteiger partial charge on any atom is -0.496 e. The lowest BCUT2D eigenvalue weighted by Crippen LogP contribution is -2.54. The van der Waals surface area contributed by atoms with Crippen LogP contribution < -0.4 is 19.7 Å². The zero-order chi connectivity index (χ0) is 43.9. The minimum atomic E-state index is -2.46. The molecule has 0 bridgehead atoms. The number of aromatic amines is 1. The summed E-state index contributed by atoms with van der Waals surface area (Å²) in [6.45, 7) is 12.3. The molecule has 2 unspecified atom stereocenters. The van der Waals surface area contributed by atoms with E-state index in [0.29, 0.717) is 62.6 Å². The standard InChI is InChI=1S/C50H58F2N6O6/c1-30-8-13-41(47(59)53-30)58-25-38-35(48(58)60)11-12-39-46(38)62-29-49(39)14-18-55(19-15-49)24-32-27-63-50(64-28-32)16-20-56(21-17-50)33-9-10-36(42(23-33)61-3)45-44-37(22-31(2)57(45)26-43(51)52)34-6-4-5-7-40(34)54-44/h4-7,9-12,23,31-32,41,43,45,54H,1,8,13-22,24-29H2,2-3H3,(H,53,59)/t31-,41?,45?/m1/s1. The summed E-state index contributed by atoms with van der Waals surface area (Å²) in [6.07, 6.45) is 2.92. The number of allylic oxidation sites excluding steroid dienone is 1. The summed E-state index contributed by atoms with van der Waals surface area (Å²) < 4.78 is 53.9. The van der Waals surface area contributed by atoms with Crippen LogP contribution in [0.25, 0.3) is 10.9 Å². The van der Waals surface area contributed by atoms with Crippen LogP contribution in [0.15, 0.2) is 66.9 Å². The van der Waals surface area contributed by atoms with Gasteiger partial charge in [0.05, 0.1) is 46.1 Å². The molecule has 11 rings (SSSR count). The number of aromatic nitrogens is 1. The molecule has 2 amide bonds. The number of para-hydroxylation sites is 1. The molecule has 3 atom stereocenters. The molecule has 338 valence electrons. The second-order valence-electron chi connectivity index (χ2n) is 19.3. The molecule has 1 aromatic heterocycles. The molecule has 7 aliphatic heterocycles. The largest absolute Gasteiger partial charge is 0.496 e. The Hall–Kier alpha value is -5.02. The summed E-state index contributed by atoms with van der Waals surface area (Å²) in [5, 5.41) is 3.98. The second-order valence-corrected chi connectivity index (χ2v) is 19.3. The van der Waals surface area contributed by atoms with Gasteiger partial charge in [0.25, 0.3) is 12.3 Å². The molecule has 4 fully saturated rings. The van der Waals surface area contributed by atoms with Gasteiger partial charge in [-0.1, -0.05) is 36.9 Å². The molecule has 12 nitrogen and oxygen atoms in total. The zero-order valence-corrected chi connectivity index (χ0v) is 36.8. The predicted molar refractivity (Wildman–Crippen MR) is 238 cm³/mol. The van der Waals surface area contributed by atoms with Crippen molar-refractivity contribution in [2.75, 3.05) is 71.1 Å². The van der Waals surface area contributed by atoms with Gasteiger partial charge in [-0.2, -0.15) is 0 Å². The molecule has 2 N–H and O–H groups in total. The van der Waals surface area contributed by atoms with Crippen LogP contribution in [-0.4, -0.2) is 122 Å². The summed E-state index contributed by atoms with van der Waals surface area (Å²) in [5.41, 5.74) is 8.47. The highest BCUT2D eigenvalue weighted by Crippen LogP contribution is 2.50. The van der Waals surface area contributed by atoms with Crippen molar-refractivity contribution in [2.45, 2.75) is 94.2 Å². The third-order valence-corrected chi connectivity index (χ3v) is 15.6. The fourth-order valence-corrected chi connectivity index (χ4v) is 12.0. The topological polar surface area (TPSA) is 112 Å². The van der Waals surface area contributed by atoms with E-state index in [-0.39, 0.29) is 35.7 Å². The number of carbonyl (C=O) groups is 2. The van der Waals surface area contributed by atoms with Crippen molar-refractivity contribution in [3.63, 3.8) is 0 Å². The Kier molecular flexibility index (Phi) is 10.5. The number of amides is 2. The fraction of sp³-hybridized carbons (Fsp3) is 0.520. The normalized spacial score (nSPS) is 25.8. The molecule has 4 saturated heterocycles. The van der Waals surface area contributed by atoms with Crippen LogP contribution in [0.5, 0.6) is 11.5 Å². The highest BCUT2D eigenvalue weighted by atomic mass is 19.3. The van der Waals surface area contributed by atoms with Crippen molar-refractivity contribution in [3.05, 3.63) is 100 Å². The van der Waals surface area contributed by atoms with Crippen molar-refractivity contribution in [1.82, 2.24) is 25.0 Å². The van der Waals surface area contributed by atoms with Crippen molar-refractivity contribution in [2.24, 2.45) is 5.92 Å². The van der Waals surface area contributed by atoms with E-state index in [4.69, 9.17) is 18.9 Å². The van der Waals surface area contributed by atoms with Crippen LogP contribution in [0.2, 0.25) is 0 Å². The fourth-order valence-electron chi connectivity index (χ4n) is 12.0. The molecule has 0 radical (unpaired) electrons. The Balaban J connectivity index is 0.698. The van der Waals surface area contributed by atoms with E-state index in [9.17, 15) is 18.4 Å². The lowest BCUT2D eigenvalue weighted by molar-refractivity contribution is -0.291. The lowest BCUT2D eigenvalue weighted by atomic mass is 9.73. The number of H-pyrrole nitrogens is 1. The van der Waals surface area contributed by atoms with Gasteiger partial charge in [0, 0.05) is 106 Å². The number of rotatable bonds is 8. The lowest BCUT2D eigenvalue weighted by Gasteiger charge is -2.47. The Morgan fingerprint density at radius 3 is 2.50 bits per heavy atom. The quantitative estimate of drug-likeness (QED) is 0.195. The van der Waals surface area contributed by atoms with Gasteiger partial charge in [0.1, 0.15) is 17.5 Å². The molecule has 0 saturated carbocycles. The number of carbonyl (C=O) groups excluding carboxylic acids is 2. The molecule has 64 heavy (non-hydrogen) atoms. The summed E-state index contributed by atoms with van der Waals surface area (Å²) in [7, 11) is 1.66. The van der Waals surface area contributed by atoms with Gasteiger partial charge in [-0.15, -0.1) is 0 Å². The number of likely N-dealkylation sites (tertiary alicyclic amines) is 1. The van der Waals surface area contributed by atoms with Gasteiger partial charge in [-0.05, 0) is 75.9 Å². The Bertz CT molecular complexity index is 2480. The van der Waals surface area contributed by atoms with Crippen LogP contribution in [0, 0.1) is 5.92 Å². The zero-order valence-electron chi connectivity index (χ0n) is 36.8. The Morgan fingerprint density at radius 1 is 0.969 bits per heavy atom. The van der Waals surface area contributed by atoms with Crippen molar-refractivity contribution >= 4 is 28.4 Å². The summed E-state index contributed by atoms with van der Waals surface area (Å²) >= 11 is 0. The van der Waals surface area contributed by atoms with Crippen LogP contribution in [0.4, 0.5) is 14.5 Å². The first kappa shape index (κ1) is 41.7. The number of hydrogen-bond donors (Lipinski definition) is 2. The number of alkyl halides is 2. The number of halogens is 2. The van der Waals surface area contributed by atoms with E-state index < -0.39 is 24.3 Å². The molecule has 0 aliphatic carbocycles. The van der Waals surface area contributed by atoms with E-state index in [0.717, 1.165) is 97.6 Å². The molecule has 8 heterocycles. The summed E-state index contributed by atoms with van der Waals surface area (Å²) in [6, 6.07) is 17.5. The maximum Gasteiger partial charge on any atom is 0.255 e. The van der Waals surface area contributed by atoms with E-state index in [1.54, 1.807) is 12.0 Å². The summed E-state index contributed by atoms with van der Waals surface area (Å²) in [5.74, 6) is 0.961. The van der Waals surface area contributed by atoms with Gasteiger partial charge in [-0.3, -0.25) is 14.5 Å². The first-order valence-electron chi connectivity index (χ1n) is 23.2. The Morgan fingerprint density at radius 2 is 1.75 bits per heavy atom. The van der Waals surface area contributed by atoms with Gasteiger partial charge >= 0.3 is 0 Å². The number of nitrogens with zero attached hydrogens (tertiary/aromatic N) is 4. The smallest absolute Gasteiger partial charge is 0.255 e. The van der Waals surface area contributed by atoms with E-state index in [1.165, 1.54) is 11.1 Å². The average Bonchev–Trinajstić information content (AvgIpc) is 3.96. The summed E-state index contributed by atoms with van der Waals surface area (Å²) in [4.78, 5) is 38.4. The maximum absolute atomic E-state index is 14.1. The van der Waals surface area contributed by atoms with Crippen molar-refractivity contribution in [3.8, 4) is 11.5 Å². The first-order chi connectivity index (χ1) is 31.0. The van der Waals surface area contributed by atoms with E-state index in [2.05, 4.69) is 63.1 Å². The van der Waals surface area contributed by atoms with Gasteiger partial charge in [-0.25, -0.2) is 8.78 Å². The maximum atomic E-state index is 14.1. The van der Waals surface area contributed by atoms with Crippen LogP contribution in [0.3, 0.4) is 0 Å². The van der Waals surface area contributed by atoms with Crippen LogP contribution in [-0.2, 0) is 32.6 Å². The molecular formula is C50H58F2N6O6. The second kappa shape index (κ2) is 16.1. The third-order valence-electron chi connectivity index (χ3n) is 15.6. The van der Waals surface area contributed by atoms with Gasteiger partial charge in [0.15, 0.2) is 5.79 Å². The van der Waals surface area contributed by atoms with Crippen molar-refractivity contribution < 1.29 is 37.3 Å². The number of ether oxygens (including phenoxy) is 4. The molecule has 14 heteroatoms. The van der Waals surface area contributed by atoms with E-state index >= 15 is 0 Å². The molecule has 4 aromatic rings. The van der Waals surface area contributed by atoms with Gasteiger partial charge in [0.2, 0.25) is 5.91 Å². The molecular weight excluding hydrogens is 819 g/mol. The molecule has 3 aromatic carbocycles. The highest BCUT2D eigenvalue weighted by Gasteiger charge is 2.48. The number of methoxy groups -OCH3 is 1. The van der Waals surface area contributed by atoms with Crippen LogP contribution >= 0.6 is 0 Å². The highest BCUT2D eigenvalue weighted by molar-refractivity contribution is 6.02. The van der Waals surface area contributed by atoms with Gasteiger partial charge < -0.3 is 43.9 Å². The predicted octanol–water partition coefficient (Wildman–Crippen LogP) is 6.91. The third kappa shape index (κ3) is 7.06. The first-order valence-corrected chi connectivity index (χ1v) is 23.2. The average molecular weight is 877 g/mol. The number of hydrogen-bond acceptors (Lipinski definition) is 9.